The van der Waals surface area contributed by atoms with Crippen molar-refractivity contribution < 1.29 is 4.39 Å². The number of aryl methyl sites for hydroxylation is 1. The van der Waals surface area contributed by atoms with Gasteiger partial charge in [0.05, 0.1) is 17.2 Å². The van der Waals surface area contributed by atoms with Crippen molar-refractivity contribution in [2.75, 3.05) is 13.1 Å². The molecule has 0 aliphatic carbocycles. The molecule has 0 unspecified atom stereocenters. The number of H-pyrrole nitrogens is 1. The molecule has 0 radical (unpaired) electrons. The van der Waals surface area contributed by atoms with Gasteiger partial charge >= 0.3 is 0 Å². The van der Waals surface area contributed by atoms with Gasteiger partial charge in [-0.2, -0.15) is 0 Å². The molecule has 7 heteroatoms. The van der Waals surface area contributed by atoms with Crippen LogP contribution < -0.4 is 10.6 Å². The summed E-state index contributed by atoms with van der Waals surface area (Å²) in [6.07, 6.45) is 3.73. The van der Waals surface area contributed by atoms with E-state index in [4.69, 9.17) is 0 Å². The molecule has 0 bridgehead atoms. The molecule has 0 saturated heterocycles. The molecule has 26 heavy (non-hydrogen) atoms. The molecular formula is C19H24FN5S. The fourth-order valence-corrected chi connectivity index (χ4v) is 3.50. The fraction of sp³-hybridized carbons (Fsp3) is 0.368. The summed E-state index contributed by atoms with van der Waals surface area (Å²) >= 11 is 1.68. The van der Waals surface area contributed by atoms with Gasteiger partial charge in [-0.1, -0.05) is 6.92 Å². The van der Waals surface area contributed by atoms with Gasteiger partial charge in [0, 0.05) is 35.6 Å². The molecule has 2 aromatic heterocycles. The lowest BCUT2D eigenvalue weighted by Crippen LogP contribution is -2.38. The monoisotopic (exact) mass is 373 g/mol. The Labute approximate surface area is 156 Å². The molecular weight excluding hydrogens is 349 g/mol. The molecule has 1 aromatic carbocycles. The number of benzene rings is 1. The van der Waals surface area contributed by atoms with Crippen LogP contribution in [0.3, 0.4) is 0 Å². The van der Waals surface area contributed by atoms with Gasteiger partial charge in [0.15, 0.2) is 5.96 Å². The van der Waals surface area contributed by atoms with E-state index >= 15 is 0 Å². The SMILES string of the molecule is CCNC(=NCc1csc(CC)n1)NCCc1c[nH]c2cc(F)ccc12. The molecule has 0 aliphatic rings. The lowest BCUT2D eigenvalue weighted by Gasteiger charge is -2.10. The zero-order chi connectivity index (χ0) is 18.4. The van der Waals surface area contributed by atoms with Crippen LogP contribution in [0.1, 0.15) is 30.1 Å². The van der Waals surface area contributed by atoms with E-state index in [0.717, 1.165) is 59.1 Å². The van der Waals surface area contributed by atoms with Crippen LogP contribution in [0, 0.1) is 5.82 Å². The first kappa shape index (κ1) is 18.4. The van der Waals surface area contributed by atoms with Gasteiger partial charge in [-0.15, -0.1) is 11.3 Å². The Morgan fingerprint density at radius 3 is 2.96 bits per heavy atom. The zero-order valence-corrected chi connectivity index (χ0v) is 15.9. The number of nitrogens with one attached hydrogen (secondary N) is 3. The van der Waals surface area contributed by atoms with Crippen LogP contribution in [0.2, 0.25) is 0 Å². The number of aromatic amines is 1. The highest BCUT2D eigenvalue weighted by Gasteiger charge is 2.06. The average molecular weight is 374 g/mol. The van der Waals surface area contributed by atoms with E-state index in [1.807, 2.05) is 19.2 Å². The van der Waals surface area contributed by atoms with Crippen molar-refractivity contribution >= 4 is 28.2 Å². The normalized spacial score (nSPS) is 11.9. The highest BCUT2D eigenvalue weighted by Crippen LogP contribution is 2.19. The number of guanidine groups is 1. The number of aliphatic imine (C=N–C) groups is 1. The third kappa shape index (κ3) is 4.60. The topological polar surface area (TPSA) is 65.1 Å². The predicted molar refractivity (Wildman–Crippen MR) is 106 cm³/mol. The fourth-order valence-electron chi connectivity index (χ4n) is 2.77. The minimum atomic E-state index is -0.223. The molecule has 5 nitrogen and oxygen atoms in total. The van der Waals surface area contributed by atoms with Gasteiger partial charge in [-0.25, -0.2) is 14.4 Å². The number of halogens is 1. The van der Waals surface area contributed by atoms with Crippen molar-refractivity contribution in [3.8, 4) is 0 Å². The Morgan fingerprint density at radius 1 is 1.31 bits per heavy atom. The molecule has 0 amide bonds. The second-order valence-electron chi connectivity index (χ2n) is 5.96. The lowest BCUT2D eigenvalue weighted by atomic mass is 10.1. The van der Waals surface area contributed by atoms with Gasteiger partial charge < -0.3 is 15.6 Å². The average Bonchev–Trinajstić information content (AvgIpc) is 3.26. The highest BCUT2D eigenvalue weighted by atomic mass is 32.1. The molecule has 3 N–H and O–H groups in total. The molecule has 3 rings (SSSR count). The number of rotatable bonds is 7. The molecule has 2 heterocycles. The summed E-state index contributed by atoms with van der Waals surface area (Å²) in [5.74, 6) is 0.559. The number of nitrogens with zero attached hydrogens (tertiary/aromatic N) is 2. The predicted octanol–water partition coefficient (Wildman–Crippen LogP) is 3.62. The Morgan fingerprint density at radius 2 is 2.19 bits per heavy atom. The molecule has 0 spiro atoms. The molecule has 0 fully saturated rings. The number of thiazole rings is 1. The minimum Gasteiger partial charge on any atom is -0.361 e. The summed E-state index contributed by atoms with van der Waals surface area (Å²) in [5, 5.41) is 10.9. The smallest absolute Gasteiger partial charge is 0.191 e. The summed E-state index contributed by atoms with van der Waals surface area (Å²) in [6, 6.07) is 4.84. The van der Waals surface area contributed by atoms with Gasteiger partial charge in [-0.3, -0.25) is 0 Å². The standard InChI is InChI=1S/C19H24FN5S/c1-3-18-25-15(12-26-18)11-24-19(21-4-2)22-8-7-13-10-23-17-9-14(20)5-6-16(13)17/h5-6,9-10,12,23H,3-4,7-8,11H2,1-2H3,(H2,21,22,24). The van der Waals surface area contributed by atoms with E-state index in [-0.39, 0.29) is 5.82 Å². The third-order valence-corrected chi connectivity index (χ3v) is 5.10. The van der Waals surface area contributed by atoms with Crippen molar-refractivity contribution in [3.63, 3.8) is 0 Å². The van der Waals surface area contributed by atoms with Crippen LogP contribution in [0.15, 0.2) is 34.8 Å². The first-order valence-corrected chi connectivity index (χ1v) is 9.78. The van der Waals surface area contributed by atoms with Crippen LogP contribution >= 0.6 is 11.3 Å². The van der Waals surface area contributed by atoms with Crippen molar-refractivity contribution in [1.82, 2.24) is 20.6 Å². The van der Waals surface area contributed by atoms with Gasteiger partial charge in [0.1, 0.15) is 5.82 Å². The Balaban J connectivity index is 1.58. The van der Waals surface area contributed by atoms with E-state index in [9.17, 15) is 4.39 Å². The minimum absolute atomic E-state index is 0.223. The van der Waals surface area contributed by atoms with Crippen LogP contribution in [-0.2, 0) is 19.4 Å². The number of hydrogen-bond donors (Lipinski definition) is 3. The Hall–Kier alpha value is -2.41. The number of hydrogen-bond acceptors (Lipinski definition) is 3. The Kier molecular flexibility index (Phi) is 6.22. The summed E-state index contributed by atoms with van der Waals surface area (Å²) in [5.41, 5.74) is 2.99. The second kappa shape index (κ2) is 8.80. The summed E-state index contributed by atoms with van der Waals surface area (Å²) < 4.78 is 13.3. The number of fused-ring (bicyclic) bond motifs is 1. The summed E-state index contributed by atoms with van der Waals surface area (Å²) in [6.45, 7) is 6.27. The van der Waals surface area contributed by atoms with Gasteiger partial charge in [0.25, 0.3) is 0 Å². The van der Waals surface area contributed by atoms with Crippen LogP contribution in [0.4, 0.5) is 4.39 Å². The molecule has 138 valence electrons. The molecule has 0 atom stereocenters. The summed E-state index contributed by atoms with van der Waals surface area (Å²) in [4.78, 5) is 12.3. The molecule has 3 aromatic rings. The quantitative estimate of drug-likeness (QED) is 0.438. The first-order valence-electron chi connectivity index (χ1n) is 8.90. The lowest BCUT2D eigenvalue weighted by molar-refractivity contribution is 0.629. The van der Waals surface area contributed by atoms with Crippen LogP contribution in [0.5, 0.6) is 0 Å². The molecule has 0 aliphatic heterocycles. The van der Waals surface area contributed by atoms with Crippen molar-refractivity contribution in [1.29, 1.82) is 0 Å². The summed E-state index contributed by atoms with van der Waals surface area (Å²) in [7, 11) is 0. The van der Waals surface area contributed by atoms with Gasteiger partial charge in [0.2, 0.25) is 0 Å². The van der Waals surface area contributed by atoms with Crippen molar-refractivity contribution in [2.45, 2.75) is 33.2 Å². The van der Waals surface area contributed by atoms with E-state index in [1.54, 1.807) is 11.3 Å². The highest BCUT2D eigenvalue weighted by molar-refractivity contribution is 7.09. The van der Waals surface area contributed by atoms with Crippen molar-refractivity contribution in [3.05, 3.63) is 51.9 Å². The van der Waals surface area contributed by atoms with E-state index in [0.29, 0.717) is 6.54 Å². The maximum atomic E-state index is 13.3. The largest absolute Gasteiger partial charge is 0.361 e. The second-order valence-corrected chi connectivity index (χ2v) is 6.90. The maximum absolute atomic E-state index is 13.3. The zero-order valence-electron chi connectivity index (χ0n) is 15.1. The Bertz CT molecular complexity index is 883. The van der Waals surface area contributed by atoms with E-state index < -0.39 is 0 Å². The van der Waals surface area contributed by atoms with Gasteiger partial charge in [-0.05, 0) is 43.5 Å². The third-order valence-electron chi connectivity index (χ3n) is 4.06. The van der Waals surface area contributed by atoms with E-state index in [2.05, 4.69) is 37.9 Å². The molecule has 0 saturated carbocycles. The van der Waals surface area contributed by atoms with Crippen LogP contribution in [0.25, 0.3) is 10.9 Å². The maximum Gasteiger partial charge on any atom is 0.191 e. The number of aromatic nitrogens is 2. The van der Waals surface area contributed by atoms with Crippen molar-refractivity contribution in [2.24, 2.45) is 4.99 Å². The van der Waals surface area contributed by atoms with E-state index in [1.165, 1.54) is 12.1 Å². The first-order chi connectivity index (χ1) is 12.7. The van der Waals surface area contributed by atoms with Crippen LogP contribution in [-0.4, -0.2) is 29.0 Å².